The molecule has 0 spiro atoms. The summed E-state index contributed by atoms with van der Waals surface area (Å²) in [5, 5.41) is 0. The number of benzene rings is 2. The average molecular weight is 269 g/mol. The van der Waals surface area contributed by atoms with Gasteiger partial charge in [-0.1, -0.05) is 12.1 Å². The number of anilines is 1. The number of halogens is 1. The Balaban J connectivity index is 2.29. The number of nitrogens with zero attached hydrogens (tertiary/aromatic N) is 2. The van der Waals surface area contributed by atoms with Gasteiger partial charge in [-0.25, -0.2) is 14.4 Å². The van der Waals surface area contributed by atoms with E-state index >= 15 is 0 Å². The lowest BCUT2D eigenvalue weighted by Gasteiger charge is -2.09. The predicted molar refractivity (Wildman–Crippen MR) is 75.9 cm³/mol. The Morgan fingerprint density at radius 3 is 2.50 bits per heavy atom. The molecule has 1 aromatic heterocycles. The minimum absolute atomic E-state index is 0.276. The Labute approximate surface area is 115 Å². The standard InChI is InChI=1S/C15H12FN3O/c1-20-12-7-6-11(9-2-4-10(16)5-3-9)14-15(12)19-13(17)8-18-14/h2-8H,1H3,(H2,17,19). The molecule has 4 nitrogen and oxygen atoms in total. The molecular formula is C15H12FN3O. The van der Waals surface area contributed by atoms with Crippen molar-refractivity contribution in [3.05, 3.63) is 48.4 Å². The zero-order valence-electron chi connectivity index (χ0n) is 10.8. The second-order valence-electron chi connectivity index (χ2n) is 4.31. The topological polar surface area (TPSA) is 61.0 Å². The number of aromatic nitrogens is 2. The van der Waals surface area contributed by atoms with Crippen LogP contribution in [0.3, 0.4) is 0 Å². The van der Waals surface area contributed by atoms with Gasteiger partial charge in [-0.3, -0.25) is 0 Å². The lowest BCUT2D eigenvalue weighted by Crippen LogP contribution is -1.96. The molecule has 0 aliphatic carbocycles. The van der Waals surface area contributed by atoms with Crippen molar-refractivity contribution in [2.45, 2.75) is 0 Å². The molecule has 3 rings (SSSR count). The van der Waals surface area contributed by atoms with Crippen LogP contribution in [0.25, 0.3) is 22.2 Å². The average Bonchev–Trinajstić information content (AvgIpc) is 2.47. The minimum atomic E-state index is -0.276. The van der Waals surface area contributed by atoms with Crippen LogP contribution in [0.15, 0.2) is 42.6 Å². The first-order valence-corrected chi connectivity index (χ1v) is 6.04. The van der Waals surface area contributed by atoms with Crippen LogP contribution < -0.4 is 10.5 Å². The Morgan fingerprint density at radius 2 is 1.80 bits per heavy atom. The van der Waals surface area contributed by atoms with Crippen LogP contribution in [0.4, 0.5) is 10.2 Å². The molecule has 0 radical (unpaired) electrons. The summed E-state index contributed by atoms with van der Waals surface area (Å²) in [6.07, 6.45) is 1.49. The summed E-state index contributed by atoms with van der Waals surface area (Å²) in [5.74, 6) is 0.652. The summed E-state index contributed by atoms with van der Waals surface area (Å²) in [5.41, 5.74) is 8.66. The van der Waals surface area contributed by atoms with Crippen LogP contribution >= 0.6 is 0 Å². The second kappa shape index (κ2) is 4.77. The second-order valence-corrected chi connectivity index (χ2v) is 4.31. The quantitative estimate of drug-likeness (QED) is 0.776. The third-order valence-electron chi connectivity index (χ3n) is 3.06. The van der Waals surface area contributed by atoms with E-state index in [4.69, 9.17) is 10.5 Å². The van der Waals surface area contributed by atoms with E-state index in [-0.39, 0.29) is 5.82 Å². The summed E-state index contributed by atoms with van der Waals surface area (Å²) in [6, 6.07) is 9.91. The number of rotatable bonds is 2. The zero-order chi connectivity index (χ0) is 14.1. The maximum Gasteiger partial charge on any atom is 0.146 e. The van der Waals surface area contributed by atoms with Gasteiger partial charge in [0.1, 0.15) is 28.4 Å². The van der Waals surface area contributed by atoms with Gasteiger partial charge in [0.2, 0.25) is 0 Å². The molecule has 0 amide bonds. The first kappa shape index (κ1) is 12.3. The minimum Gasteiger partial charge on any atom is -0.494 e. The third kappa shape index (κ3) is 2.03. The van der Waals surface area contributed by atoms with Crippen molar-refractivity contribution in [2.24, 2.45) is 0 Å². The van der Waals surface area contributed by atoms with Gasteiger partial charge in [0.15, 0.2) is 0 Å². The van der Waals surface area contributed by atoms with Crippen molar-refractivity contribution in [3.63, 3.8) is 0 Å². The zero-order valence-corrected chi connectivity index (χ0v) is 10.8. The number of ether oxygens (including phenoxy) is 1. The largest absolute Gasteiger partial charge is 0.494 e. The molecule has 20 heavy (non-hydrogen) atoms. The van der Waals surface area contributed by atoms with Gasteiger partial charge in [-0.05, 0) is 29.8 Å². The van der Waals surface area contributed by atoms with Gasteiger partial charge in [-0.2, -0.15) is 0 Å². The fourth-order valence-electron chi connectivity index (χ4n) is 2.12. The van der Waals surface area contributed by atoms with Crippen molar-refractivity contribution in [1.29, 1.82) is 0 Å². The van der Waals surface area contributed by atoms with Gasteiger partial charge < -0.3 is 10.5 Å². The Morgan fingerprint density at radius 1 is 1.05 bits per heavy atom. The number of nitrogens with two attached hydrogens (primary N) is 1. The molecule has 0 bridgehead atoms. The van der Waals surface area contributed by atoms with Gasteiger partial charge in [0.05, 0.1) is 13.3 Å². The highest BCUT2D eigenvalue weighted by Crippen LogP contribution is 2.32. The molecule has 1 heterocycles. The maximum atomic E-state index is 13.0. The van der Waals surface area contributed by atoms with E-state index in [2.05, 4.69) is 9.97 Å². The summed E-state index contributed by atoms with van der Waals surface area (Å²) < 4.78 is 18.3. The van der Waals surface area contributed by atoms with E-state index in [9.17, 15) is 4.39 Å². The van der Waals surface area contributed by atoms with Crippen LogP contribution in [-0.4, -0.2) is 17.1 Å². The molecule has 0 aliphatic rings. The molecule has 0 aliphatic heterocycles. The fourth-order valence-corrected chi connectivity index (χ4v) is 2.12. The highest BCUT2D eigenvalue weighted by Gasteiger charge is 2.11. The smallest absolute Gasteiger partial charge is 0.146 e. The molecule has 0 saturated heterocycles. The number of hydrogen-bond donors (Lipinski definition) is 1. The Bertz CT molecular complexity index is 772. The Hall–Kier alpha value is -2.69. The predicted octanol–water partition coefficient (Wildman–Crippen LogP) is 3.03. The van der Waals surface area contributed by atoms with E-state index in [1.807, 2.05) is 6.07 Å². The molecule has 2 aromatic carbocycles. The monoisotopic (exact) mass is 269 g/mol. The van der Waals surface area contributed by atoms with Gasteiger partial charge in [-0.15, -0.1) is 0 Å². The van der Waals surface area contributed by atoms with Crippen molar-refractivity contribution in [2.75, 3.05) is 12.8 Å². The Kier molecular flexibility index (Phi) is 2.95. The molecule has 0 fully saturated rings. The number of nitrogen functional groups attached to an aromatic ring is 1. The molecular weight excluding hydrogens is 257 g/mol. The summed E-state index contributed by atoms with van der Waals surface area (Å²) in [7, 11) is 1.57. The highest BCUT2D eigenvalue weighted by molar-refractivity contribution is 5.95. The van der Waals surface area contributed by atoms with Gasteiger partial charge in [0, 0.05) is 5.56 Å². The van der Waals surface area contributed by atoms with Crippen molar-refractivity contribution in [3.8, 4) is 16.9 Å². The van der Waals surface area contributed by atoms with E-state index < -0.39 is 0 Å². The molecule has 0 saturated carbocycles. The van der Waals surface area contributed by atoms with E-state index in [0.29, 0.717) is 22.6 Å². The van der Waals surface area contributed by atoms with Gasteiger partial charge in [0.25, 0.3) is 0 Å². The van der Waals surface area contributed by atoms with E-state index in [0.717, 1.165) is 11.1 Å². The van der Waals surface area contributed by atoms with E-state index in [1.165, 1.54) is 18.3 Å². The first-order chi connectivity index (χ1) is 9.69. The van der Waals surface area contributed by atoms with Crippen LogP contribution in [0.5, 0.6) is 5.75 Å². The fraction of sp³-hybridized carbons (Fsp3) is 0.0667. The molecule has 100 valence electrons. The number of hydrogen-bond acceptors (Lipinski definition) is 4. The lowest BCUT2D eigenvalue weighted by molar-refractivity contribution is 0.419. The summed E-state index contributed by atoms with van der Waals surface area (Å²) >= 11 is 0. The van der Waals surface area contributed by atoms with Crippen LogP contribution in [0, 0.1) is 5.82 Å². The molecule has 3 aromatic rings. The van der Waals surface area contributed by atoms with Crippen LogP contribution in [0.1, 0.15) is 0 Å². The molecule has 5 heteroatoms. The van der Waals surface area contributed by atoms with Crippen molar-refractivity contribution >= 4 is 16.9 Å². The highest BCUT2D eigenvalue weighted by atomic mass is 19.1. The SMILES string of the molecule is COc1ccc(-c2ccc(F)cc2)c2ncc(N)nc12. The molecule has 2 N–H and O–H groups in total. The van der Waals surface area contributed by atoms with Gasteiger partial charge >= 0.3 is 0 Å². The number of fused-ring (bicyclic) bond motifs is 1. The third-order valence-corrected chi connectivity index (χ3v) is 3.06. The summed E-state index contributed by atoms with van der Waals surface area (Å²) in [4.78, 5) is 8.59. The number of methoxy groups -OCH3 is 1. The van der Waals surface area contributed by atoms with Crippen LogP contribution in [0.2, 0.25) is 0 Å². The first-order valence-electron chi connectivity index (χ1n) is 6.04. The molecule has 0 atom stereocenters. The summed E-state index contributed by atoms with van der Waals surface area (Å²) in [6.45, 7) is 0. The lowest BCUT2D eigenvalue weighted by atomic mass is 10.0. The van der Waals surface area contributed by atoms with E-state index in [1.54, 1.807) is 25.3 Å². The normalized spacial score (nSPS) is 10.7. The maximum absolute atomic E-state index is 13.0. The van der Waals surface area contributed by atoms with Crippen LogP contribution in [-0.2, 0) is 0 Å². The van der Waals surface area contributed by atoms with Crippen molar-refractivity contribution < 1.29 is 9.13 Å². The van der Waals surface area contributed by atoms with Crippen molar-refractivity contribution in [1.82, 2.24) is 9.97 Å². The molecule has 0 unspecified atom stereocenters.